The summed E-state index contributed by atoms with van der Waals surface area (Å²) in [5, 5.41) is 12.6. The Balaban J connectivity index is 1.39. The highest BCUT2D eigenvalue weighted by Crippen LogP contribution is 2.48. The number of aryl methyl sites for hydroxylation is 1. The van der Waals surface area contributed by atoms with E-state index in [1.807, 2.05) is 13.0 Å². The van der Waals surface area contributed by atoms with Crippen LogP contribution in [0.15, 0.2) is 6.07 Å². The minimum Gasteiger partial charge on any atom is -0.481 e. The first-order valence-corrected chi connectivity index (χ1v) is 9.84. The molecule has 2 amide bonds. The second-order valence-corrected chi connectivity index (χ2v) is 8.08. The average Bonchev–Trinajstić information content (AvgIpc) is 3.34. The molecule has 2 saturated heterocycles. The van der Waals surface area contributed by atoms with Gasteiger partial charge in [0.05, 0.1) is 17.7 Å². The van der Waals surface area contributed by atoms with Gasteiger partial charge in [-0.25, -0.2) is 14.8 Å². The number of anilines is 1. The number of rotatable bonds is 4. The molecule has 27 heavy (non-hydrogen) atoms. The predicted octanol–water partition coefficient (Wildman–Crippen LogP) is 1.78. The van der Waals surface area contributed by atoms with Crippen LogP contribution in [-0.4, -0.2) is 58.2 Å². The molecule has 1 saturated carbocycles. The van der Waals surface area contributed by atoms with Gasteiger partial charge >= 0.3 is 12.0 Å². The monoisotopic (exact) mass is 373 g/mol. The van der Waals surface area contributed by atoms with Crippen LogP contribution in [-0.2, 0) is 11.3 Å². The summed E-state index contributed by atoms with van der Waals surface area (Å²) >= 11 is 0. The van der Waals surface area contributed by atoms with Crippen LogP contribution >= 0.6 is 0 Å². The van der Waals surface area contributed by atoms with Gasteiger partial charge < -0.3 is 20.2 Å². The van der Waals surface area contributed by atoms with E-state index in [1.54, 1.807) is 4.90 Å². The summed E-state index contributed by atoms with van der Waals surface area (Å²) < 4.78 is 0. The third-order valence-corrected chi connectivity index (χ3v) is 6.29. The molecule has 1 aromatic heterocycles. The largest absolute Gasteiger partial charge is 0.481 e. The number of amides is 2. The van der Waals surface area contributed by atoms with E-state index in [2.05, 4.69) is 20.2 Å². The zero-order chi connectivity index (χ0) is 19.0. The van der Waals surface area contributed by atoms with Crippen molar-refractivity contribution in [1.82, 2.24) is 20.2 Å². The molecule has 2 aliphatic heterocycles. The highest BCUT2D eigenvalue weighted by molar-refractivity contribution is 5.80. The Morgan fingerprint density at radius 2 is 2.07 bits per heavy atom. The number of fused-ring (bicyclic) bond motifs is 1. The lowest BCUT2D eigenvalue weighted by molar-refractivity contribution is -0.149. The lowest BCUT2D eigenvalue weighted by Gasteiger charge is -2.23. The van der Waals surface area contributed by atoms with Gasteiger partial charge in [-0.05, 0) is 44.6 Å². The standard InChI is InChI=1S/C19H27N5O3/c1-13-9-15(22-17(21-13)23-7-2-3-8-23)10-20-18(27)24-11-14-5-4-6-19(14,12-24)16(25)26/h9,14H,2-8,10-12H2,1H3,(H,20,27)(H,25,26)/t14-,19+/m0/s1. The molecule has 0 bridgehead atoms. The molecular weight excluding hydrogens is 346 g/mol. The number of hydrogen-bond donors (Lipinski definition) is 2. The highest BCUT2D eigenvalue weighted by Gasteiger charge is 2.55. The van der Waals surface area contributed by atoms with Crippen molar-refractivity contribution in [3.05, 3.63) is 17.5 Å². The molecule has 0 spiro atoms. The Kier molecular flexibility index (Phi) is 4.65. The molecule has 2 N–H and O–H groups in total. The van der Waals surface area contributed by atoms with E-state index in [-0.39, 0.29) is 11.9 Å². The van der Waals surface area contributed by atoms with Gasteiger partial charge in [-0.3, -0.25) is 4.79 Å². The quantitative estimate of drug-likeness (QED) is 0.835. The van der Waals surface area contributed by atoms with Crippen LogP contribution in [0.3, 0.4) is 0 Å². The topological polar surface area (TPSA) is 98.7 Å². The fraction of sp³-hybridized carbons (Fsp3) is 0.684. The van der Waals surface area contributed by atoms with Crippen molar-refractivity contribution in [2.24, 2.45) is 11.3 Å². The van der Waals surface area contributed by atoms with Crippen molar-refractivity contribution in [3.8, 4) is 0 Å². The molecule has 1 aliphatic carbocycles. The summed E-state index contributed by atoms with van der Waals surface area (Å²) in [6.45, 7) is 5.04. The number of hydrogen-bond acceptors (Lipinski definition) is 5. The molecule has 0 aromatic carbocycles. The lowest BCUT2D eigenvalue weighted by atomic mass is 9.81. The van der Waals surface area contributed by atoms with E-state index in [9.17, 15) is 14.7 Å². The van der Waals surface area contributed by atoms with Crippen molar-refractivity contribution in [2.45, 2.75) is 45.6 Å². The number of carboxylic acid groups (broad SMARTS) is 1. The predicted molar refractivity (Wildman–Crippen MR) is 99.4 cm³/mol. The molecule has 8 nitrogen and oxygen atoms in total. The van der Waals surface area contributed by atoms with Gasteiger partial charge in [0, 0.05) is 31.9 Å². The van der Waals surface area contributed by atoms with Gasteiger partial charge in [0.1, 0.15) is 0 Å². The van der Waals surface area contributed by atoms with Crippen LogP contribution in [0.5, 0.6) is 0 Å². The molecule has 0 unspecified atom stereocenters. The number of carbonyl (C=O) groups is 2. The number of carbonyl (C=O) groups excluding carboxylic acids is 1. The maximum atomic E-state index is 12.6. The summed E-state index contributed by atoms with van der Waals surface area (Å²) in [4.78, 5) is 37.3. The summed E-state index contributed by atoms with van der Waals surface area (Å²) in [5.41, 5.74) is 0.924. The molecule has 3 fully saturated rings. The van der Waals surface area contributed by atoms with E-state index in [0.29, 0.717) is 26.1 Å². The molecule has 3 heterocycles. The third-order valence-electron chi connectivity index (χ3n) is 6.29. The number of aromatic nitrogens is 2. The Bertz CT molecular complexity index is 749. The van der Waals surface area contributed by atoms with Gasteiger partial charge in [-0.1, -0.05) is 6.42 Å². The molecule has 8 heteroatoms. The minimum atomic E-state index is -0.762. The van der Waals surface area contributed by atoms with Crippen molar-refractivity contribution in [1.29, 1.82) is 0 Å². The van der Waals surface area contributed by atoms with Gasteiger partial charge in [-0.15, -0.1) is 0 Å². The first kappa shape index (κ1) is 18.0. The van der Waals surface area contributed by atoms with E-state index in [4.69, 9.17) is 0 Å². The second-order valence-electron chi connectivity index (χ2n) is 8.08. The highest BCUT2D eigenvalue weighted by atomic mass is 16.4. The molecule has 3 aliphatic rings. The molecule has 1 aromatic rings. The molecular formula is C19H27N5O3. The lowest BCUT2D eigenvalue weighted by Crippen LogP contribution is -2.41. The zero-order valence-electron chi connectivity index (χ0n) is 15.8. The van der Waals surface area contributed by atoms with E-state index >= 15 is 0 Å². The smallest absolute Gasteiger partial charge is 0.317 e. The summed E-state index contributed by atoms with van der Waals surface area (Å²) in [6.07, 6.45) is 4.81. The molecule has 146 valence electrons. The maximum absolute atomic E-state index is 12.6. The Hall–Kier alpha value is -2.38. The number of nitrogens with one attached hydrogen (secondary N) is 1. The maximum Gasteiger partial charge on any atom is 0.317 e. The number of carboxylic acids is 1. The summed E-state index contributed by atoms with van der Waals surface area (Å²) in [5.74, 6) is 0.0445. The number of urea groups is 1. The zero-order valence-corrected chi connectivity index (χ0v) is 15.8. The number of likely N-dealkylation sites (tertiary alicyclic amines) is 1. The van der Waals surface area contributed by atoms with E-state index < -0.39 is 11.4 Å². The molecule has 4 rings (SSSR count). The first-order valence-electron chi connectivity index (χ1n) is 9.84. The van der Waals surface area contributed by atoms with Crippen molar-refractivity contribution >= 4 is 17.9 Å². The summed E-state index contributed by atoms with van der Waals surface area (Å²) in [6, 6.07) is 1.68. The van der Waals surface area contributed by atoms with Gasteiger partial charge in [0.15, 0.2) is 0 Å². The second kappa shape index (κ2) is 6.98. The van der Waals surface area contributed by atoms with E-state index in [0.717, 1.165) is 56.1 Å². The van der Waals surface area contributed by atoms with Crippen LogP contribution < -0.4 is 10.2 Å². The average molecular weight is 373 g/mol. The fourth-order valence-electron chi connectivity index (χ4n) is 4.84. The Morgan fingerprint density at radius 3 is 2.78 bits per heavy atom. The van der Waals surface area contributed by atoms with Crippen molar-refractivity contribution < 1.29 is 14.7 Å². The minimum absolute atomic E-state index is 0.0730. The number of aliphatic carboxylic acids is 1. The number of nitrogens with zero attached hydrogens (tertiary/aromatic N) is 4. The van der Waals surface area contributed by atoms with Crippen LogP contribution in [0.25, 0.3) is 0 Å². The fourth-order valence-corrected chi connectivity index (χ4v) is 4.84. The normalized spacial score (nSPS) is 27.1. The Labute approximate surface area is 159 Å². The SMILES string of the molecule is Cc1cc(CNC(=O)N2C[C@@H]3CCC[C@@]3(C(=O)O)C2)nc(N2CCCC2)n1. The van der Waals surface area contributed by atoms with Crippen molar-refractivity contribution in [3.63, 3.8) is 0 Å². The van der Waals surface area contributed by atoms with E-state index in [1.165, 1.54) is 0 Å². The Morgan fingerprint density at radius 1 is 1.30 bits per heavy atom. The third kappa shape index (κ3) is 3.33. The first-order chi connectivity index (χ1) is 13.0. The molecule has 2 atom stereocenters. The van der Waals surface area contributed by atoms with Crippen LogP contribution in [0, 0.1) is 18.3 Å². The van der Waals surface area contributed by atoms with Gasteiger partial charge in [0.2, 0.25) is 5.95 Å². The van der Waals surface area contributed by atoms with Crippen LogP contribution in [0.1, 0.15) is 43.5 Å². The summed E-state index contributed by atoms with van der Waals surface area (Å²) in [7, 11) is 0. The van der Waals surface area contributed by atoms with Crippen molar-refractivity contribution in [2.75, 3.05) is 31.1 Å². The van der Waals surface area contributed by atoms with Gasteiger partial charge in [-0.2, -0.15) is 0 Å². The molecule has 0 radical (unpaired) electrons. The van der Waals surface area contributed by atoms with Gasteiger partial charge in [0.25, 0.3) is 0 Å². The van der Waals surface area contributed by atoms with Crippen LogP contribution in [0.2, 0.25) is 0 Å². The van der Waals surface area contributed by atoms with Crippen LogP contribution in [0.4, 0.5) is 10.7 Å².